The van der Waals surface area contributed by atoms with Crippen LogP contribution in [0.3, 0.4) is 0 Å². The van der Waals surface area contributed by atoms with E-state index in [1.54, 1.807) is 20.8 Å². The molecule has 0 amide bonds. The van der Waals surface area contributed by atoms with Gasteiger partial charge < -0.3 is 10.2 Å². The van der Waals surface area contributed by atoms with Crippen LogP contribution in [0, 0.1) is 5.92 Å². The molecule has 0 saturated heterocycles. The number of sulfonamides is 1. The van der Waals surface area contributed by atoms with Gasteiger partial charge in [-0.25, -0.2) is 13.1 Å². The second-order valence-corrected chi connectivity index (χ2v) is 14.0. The van der Waals surface area contributed by atoms with Gasteiger partial charge in [-0.05, 0) is 115 Å². The summed E-state index contributed by atoms with van der Waals surface area (Å²) < 4.78 is 27.0. The maximum atomic E-state index is 12.4. The largest absolute Gasteiger partial charge is 0.372 e. The van der Waals surface area contributed by atoms with E-state index in [2.05, 4.69) is 46.1 Å². The van der Waals surface area contributed by atoms with Crippen LogP contribution in [0.2, 0.25) is 0 Å². The monoisotopic (exact) mass is 491 g/mol. The van der Waals surface area contributed by atoms with Gasteiger partial charge in [0.15, 0.2) is 0 Å². The Balaban J connectivity index is 1.32. The van der Waals surface area contributed by atoms with Crippen molar-refractivity contribution in [3.63, 3.8) is 0 Å². The number of anilines is 1. The van der Waals surface area contributed by atoms with Gasteiger partial charge in [0.25, 0.3) is 0 Å². The first-order chi connectivity index (χ1) is 16.2. The van der Waals surface area contributed by atoms with Crippen LogP contribution in [0.25, 0.3) is 0 Å². The minimum Gasteiger partial charge on any atom is -0.372 e. The maximum absolute atomic E-state index is 12.4. The van der Waals surface area contributed by atoms with E-state index in [1.165, 1.54) is 43.4 Å². The lowest BCUT2D eigenvalue weighted by molar-refractivity contribution is 0.302. The molecule has 5 nitrogen and oxygen atoms in total. The number of nitrogens with zero attached hydrogens (tertiary/aromatic N) is 1. The van der Waals surface area contributed by atoms with Crippen molar-refractivity contribution in [3.8, 4) is 0 Å². The molecule has 0 aromatic heterocycles. The predicted molar refractivity (Wildman–Crippen MR) is 145 cm³/mol. The summed E-state index contributed by atoms with van der Waals surface area (Å²) >= 11 is 0. The van der Waals surface area contributed by atoms with Crippen LogP contribution in [0.1, 0.15) is 103 Å². The van der Waals surface area contributed by atoms with Gasteiger partial charge in [-0.15, -0.1) is 0 Å². The van der Waals surface area contributed by atoms with E-state index in [0.717, 1.165) is 64.2 Å². The van der Waals surface area contributed by atoms with Gasteiger partial charge in [0.1, 0.15) is 0 Å². The number of nitrogens with one attached hydrogen (secondary N) is 2. The summed E-state index contributed by atoms with van der Waals surface area (Å²) in [7, 11) is -3.25. The quantitative estimate of drug-likeness (QED) is 0.383. The van der Waals surface area contributed by atoms with E-state index in [0.29, 0.717) is 5.92 Å². The zero-order valence-electron chi connectivity index (χ0n) is 22.1. The molecule has 0 spiro atoms. The average molecular weight is 492 g/mol. The minimum atomic E-state index is -3.25. The fourth-order valence-corrected chi connectivity index (χ4v) is 6.47. The molecule has 3 rings (SSSR count). The van der Waals surface area contributed by atoms with E-state index in [4.69, 9.17) is 0 Å². The normalized spacial score (nSPS) is 22.6. The fraction of sp³-hybridized carbons (Fsp3) is 0.786. The first-order valence-electron chi connectivity index (χ1n) is 13.8. The minimum absolute atomic E-state index is 0.100. The van der Waals surface area contributed by atoms with Gasteiger partial charge in [0.2, 0.25) is 10.0 Å². The Labute approximate surface area is 209 Å². The highest BCUT2D eigenvalue weighted by Crippen LogP contribution is 2.33. The molecule has 34 heavy (non-hydrogen) atoms. The summed E-state index contributed by atoms with van der Waals surface area (Å²) in [6, 6.07) is 9.48. The SMILES string of the molecule is CCN(CCCNCC1CCC(NS(=O)(=O)C(C)(C)C)CC1)c1ccc(C2CCCCC2)cc1. The number of benzene rings is 1. The Bertz CT molecular complexity index is 818. The molecule has 0 atom stereocenters. The Hall–Kier alpha value is -1.11. The summed E-state index contributed by atoms with van der Waals surface area (Å²) in [6.45, 7) is 11.7. The molecule has 0 unspecified atom stereocenters. The van der Waals surface area contributed by atoms with Crippen LogP contribution >= 0.6 is 0 Å². The zero-order valence-corrected chi connectivity index (χ0v) is 22.9. The molecule has 2 fully saturated rings. The molecule has 2 aliphatic carbocycles. The van der Waals surface area contributed by atoms with Crippen molar-refractivity contribution < 1.29 is 8.42 Å². The molecule has 0 heterocycles. The molecule has 0 radical (unpaired) electrons. The van der Waals surface area contributed by atoms with Crippen molar-refractivity contribution in [2.45, 2.75) is 109 Å². The smallest absolute Gasteiger partial charge is 0.216 e. The van der Waals surface area contributed by atoms with Crippen molar-refractivity contribution in [2.24, 2.45) is 5.92 Å². The summed E-state index contributed by atoms with van der Waals surface area (Å²) in [6.07, 6.45) is 12.1. The molecule has 6 heteroatoms. The molecule has 194 valence electrons. The standard InChI is InChI=1S/C28H49N3O2S/c1-5-31(27-18-14-25(15-19-27)24-10-7-6-8-11-24)21-9-20-29-22-23-12-16-26(17-13-23)30-34(32,33)28(2,3)4/h14-15,18-19,23-24,26,29-30H,5-13,16-17,20-22H2,1-4H3. The van der Waals surface area contributed by atoms with Crippen molar-refractivity contribution in [3.05, 3.63) is 29.8 Å². The average Bonchev–Trinajstić information content (AvgIpc) is 2.82. The lowest BCUT2D eigenvalue weighted by atomic mass is 9.84. The summed E-state index contributed by atoms with van der Waals surface area (Å²) in [5, 5.41) is 3.66. The van der Waals surface area contributed by atoms with Gasteiger partial charge in [-0.3, -0.25) is 0 Å². The van der Waals surface area contributed by atoms with Crippen LogP contribution < -0.4 is 14.9 Å². The van der Waals surface area contributed by atoms with E-state index >= 15 is 0 Å². The highest BCUT2D eigenvalue weighted by Gasteiger charge is 2.32. The molecule has 1 aromatic carbocycles. The number of hydrogen-bond donors (Lipinski definition) is 2. The highest BCUT2D eigenvalue weighted by atomic mass is 32.2. The highest BCUT2D eigenvalue weighted by molar-refractivity contribution is 7.90. The summed E-state index contributed by atoms with van der Waals surface area (Å²) in [4.78, 5) is 2.48. The molecular weight excluding hydrogens is 442 g/mol. The summed E-state index contributed by atoms with van der Waals surface area (Å²) in [5.74, 6) is 1.43. The van der Waals surface area contributed by atoms with Crippen molar-refractivity contribution in [1.29, 1.82) is 0 Å². The number of rotatable bonds is 11. The first kappa shape index (κ1) is 27.5. The lowest BCUT2D eigenvalue weighted by Gasteiger charge is -2.31. The van der Waals surface area contributed by atoms with Crippen LogP contribution in [0.5, 0.6) is 0 Å². The van der Waals surface area contributed by atoms with Crippen LogP contribution in [-0.4, -0.2) is 45.4 Å². The second kappa shape index (κ2) is 12.7. The third kappa shape index (κ3) is 7.96. The van der Waals surface area contributed by atoms with E-state index < -0.39 is 14.8 Å². The maximum Gasteiger partial charge on any atom is 0.216 e. The van der Waals surface area contributed by atoms with E-state index in [-0.39, 0.29) is 6.04 Å². The van der Waals surface area contributed by atoms with Gasteiger partial charge in [-0.2, -0.15) is 0 Å². The Morgan fingerprint density at radius 3 is 2.18 bits per heavy atom. The van der Waals surface area contributed by atoms with Crippen LogP contribution in [0.4, 0.5) is 5.69 Å². The molecule has 2 saturated carbocycles. The number of hydrogen-bond acceptors (Lipinski definition) is 4. The fourth-order valence-electron chi connectivity index (χ4n) is 5.44. The first-order valence-corrected chi connectivity index (χ1v) is 15.3. The van der Waals surface area contributed by atoms with Gasteiger partial charge in [0.05, 0.1) is 4.75 Å². The Kier molecular flexibility index (Phi) is 10.3. The van der Waals surface area contributed by atoms with Gasteiger partial charge >= 0.3 is 0 Å². The predicted octanol–water partition coefficient (Wildman–Crippen LogP) is 5.82. The molecule has 1 aromatic rings. The second-order valence-electron chi connectivity index (χ2n) is 11.5. The van der Waals surface area contributed by atoms with Crippen molar-refractivity contribution in [2.75, 3.05) is 31.1 Å². The Morgan fingerprint density at radius 2 is 1.59 bits per heavy atom. The molecule has 2 aliphatic rings. The van der Waals surface area contributed by atoms with Gasteiger partial charge in [-0.1, -0.05) is 31.4 Å². The Morgan fingerprint density at radius 1 is 0.941 bits per heavy atom. The van der Waals surface area contributed by atoms with Gasteiger partial charge in [0, 0.05) is 24.8 Å². The zero-order chi connectivity index (χ0) is 24.6. The topological polar surface area (TPSA) is 61.4 Å². The molecular formula is C28H49N3O2S. The van der Waals surface area contributed by atoms with Crippen LogP contribution in [-0.2, 0) is 10.0 Å². The summed E-state index contributed by atoms with van der Waals surface area (Å²) in [5.41, 5.74) is 2.88. The van der Waals surface area contributed by atoms with E-state index in [9.17, 15) is 8.42 Å². The third-order valence-electron chi connectivity index (χ3n) is 7.91. The van der Waals surface area contributed by atoms with E-state index in [1.807, 2.05) is 0 Å². The van der Waals surface area contributed by atoms with Crippen molar-refractivity contribution in [1.82, 2.24) is 10.0 Å². The van der Waals surface area contributed by atoms with Crippen molar-refractivity contribution >= 4 is 15.7 Å². The lowest BCUT2D eigenvalue weighted by Crippen LogP contribution is -2.46. The molecule has 0 aliphatic heterocycles. The molecule has 0 bridgehead atoms. The molecule has 2 N–H and O–H groups in total. The third-order valence-corrected chi connectivity index (χ3v) is 10.2. The van der Waals surface area contributed by atoms with Crippen LogP contribution in [0.15, 0.2) is 24.3 Å².